The Hall–Kier alpha value is -1.81. The molecule has 0 bridgehead atoms. The predicted molar refractivity (Wildman–Crippen MR) is 87.5 cm³/mol. The molecule has 124 valence electrons. The van der Waals surface area contributed by atoms with Gasteiger partial charge in [-0.2, -0.15) is 0 Å². The molecule has 0 amide bonds. The minimum Gasteiger partial charge on any atom is -0.487 e. The summed E-state index contributed by atoms with van der Waals surface area (Å²) in [7, 11) is 0. The van der Waals surface area contributed by atoms with E-state index in [-0.39, 0.29) is 24.1 Å². The zero-order valence-electron chi connectivity index (χ0n) is 13.8. The molecule has 1 aliphatic heterocycles. The monoisotopic (exact) mass is 316 g/mol. The maximum atomic E-state index is 11.6. The quantitative estimate of drug-likeness (QED) is 0.688. The standard InChI is InChI=1S/C19H24O4/c1-3-22-17(21)11-14-7-9-19(10-8-14)15-6-4-5-13(2)18(15)23-16(19)12-20/h4-6,11,16,20H,3,7-10,12H2,1-2H3/t16-,19?/m1/s1. The van der Waals surface area contributed by atoms with Gasteiger partial charge in [-0.15, -0.1) is 0 Å². The van der Waals surface area contributed by atoms with E-state index in [9.17, 15) is 9.90 Å². The Morgan fingerprint density at radius 2 is 2.17 bits per heavy atom. The average Bonchev–Trinajstić information content (AvgIpc) is 2.85. The van der Waals surface area contributed by atoms with Gasteiger partial charge in [-0.3, -0.25) is 0 Å². The van der Waals surface area contributed by atoms with E-state index in [1.807, 2.05) is 19.9 Å². The molecule has 23 heavy (non-hydrogen) atoms. The molecular weight excluding hydrogens is 292 g/mol. The highest BCUT2D eigenvalue weighted by Crippen LogP contribution is 2.53. The Morgan fingerprint density at radius 1 is 1.43 bits per heavy atom. The second-order valence-electron chi connectivity index (χ2n) is 6.45. The number of benzene rings is 1. The maximum absolute atomic E-state index is 11.6. The van der Waals surface area contributed by atoms with Crippen LogP contribution in [0.5, 0.6) is 5.75 Å². The highest BCUT2D eigenvalue weighted by Gasteiger charge is 2.49. The molecule has 4 heteroatoms. The van der Waals surface area contributed by atoms with Crippen LogP contribution in [0.1, 0.15) is 43.7 Å². The SMILES string of the molecule is CCOC(=O)C=C1CCC2(CC1)c1cccc(C)c1O[C@@H]2CO. The summed E-state index contributed by atoms with van der Waals surface area (Å²) in [5.74, 6) is 0.681. The van der Waals surface area contributed by atoms with Crippen molar-refractivity contribution in [2.75, 3.05) is 13.2 Å². The third kappa shape index (κ3) is 2.76. The van der Waals surface area contributed by atoms with Crippen molar-refractivity contribution in [3.63, 3.8) is 0 Å². The molecule has 0 saturated heterocycles. The molecule has 1 heterocycles. The van der Waals surface area contributed by atoms with Crippen molar-refractivity contribution >= 4 is 5.97 Å². The first-order valence-electron chi connectivity index (χ1n) is 8.34. The number of allylic oxidation sites excluding steroid dienone is 1. The minimum absolute atomic E-state index is 0.0189. The average molecular weight is 316 g/mol. The Labute approximate surface area is 137 Å². The molecule has 2 aliphatic rings. The number of rotatable bonds is 3. The van der Waals surface area contributed by atoms with Crippen LogP contribution in [0, 0.1) is 6.92 Å². The normalized spacial score (nSPS) is 25.9. The smallest absolute Gasteiger partial charge is 0.330 e. The minimum atomic E-state index is -0.254. The summed E-state index contributed by atoms with van der Waals surface area (Å²) in [5, 5.41) is 9.81. The largest absolute Gasteiger partial charge is 0.487 e. The third-order valence-electron chi connectivity index (χ3n) is 5.18. The van der Waals surface area contributed by atoms with Crippen LogP contribution in [0.15, 0.2) is 29.8 Å². The van der Waals surface area contributed by atoms with Crippen LogP contribution in [-0.4, -0.2) is 30.4 Å². The Morgan fingerprint density at radius 3 is 2.83 bits per heavy atom. The van der Waals surface area contributed by atoms with Crippen LogP contribution in [0.2, 0.25) is 0 Å². The van der Waals surface area contributed by atoms with Crippen LogP contribution >= 0.6 is 0 Å². The fourth-order valence-corrected chi connectivity index (χ4v) is 3.94. The molecule has 3 rings (SSSR count). The van der Waals surface area contributed by atoms with E-state index in [1.165, 1.54) is 5.56 Å². The van der Waals surface area contributed by atoms with Gasteiger partial charge in [0.2, 0.25) is 0 Å². The summed E-state index contributed by atoms with van der Waals surface area (Å²) < 4.78 is 11.1. The Kier molecular flexibility index (Phi) is 4.44. The lowest BCUT2D eigenvalue weighted by Crippen LogP contribution is -2.42. The first-order chi connectivity index (χ1) is 11.1. The van der Waals surface area contributed by atoms with Gasteiger partial charge in [0, 0.05) is 17.1 Å². The van der Waals surface area contributed by atoms with Crippen molar-refractivity contribution in [2.24, 2.45) is 0 Å². The van der Waals surface area contributed by atoms with Crippen LogP contribution in [0.3, 0.4) is 0 Å². The zero-order chi connectivity index (χ0) is 16.4. The molecule has 1 aliphatic carbocycles. The number of fused-ring (bicyclic) bond motifs is 2. The first-order valence-corrected chi connectivity index (χ1v) is 8.34. The second-order valence-corrected chi connectivity index (χ2v) is 6.45. The fourth-order valence-electron chi connectivity index (χ4n) is 3.94. The molecule has 0 aromatic heterocycles. The summed E-state index contributed by atoms with van der Waals surface area (Å²) in [6.45, 7) is 4.28. The number of hydrogen-bond acceptors (Lipinski definition) is 4. The number of hydrogen-bond donors (Lipinski definition) is 1. The third-order valence-corrected chi connectivity index (χ3v) is 5.18. The van der Waals surface area contributed by atoms with Crippen molar-refractivity contribution in [1.29, 1.82) is 0 Å². The predicted octanol–water partition coefficient (Wildman–Crippen LogP) is 3.05. The molecule has 1 saturated carbocycles. The van der Waals surface area contributed by atoms with E-state index in [0.717, 1.165) is 42.6 Å². The van der Waals surface area contributed by atoms with Gasteiger partial charge in [-0.05, 0) is 45.1 Å². The fraction of sp³-hybridized carbons (Fsp3) is 0.526. The van der Waals surface area contributed by atoms with Crippen LogP contribution in [0.4, 0.5) is 0 Å². The first kappa shape index (κ1) is 16.1. The van der Waals surface area contributed by atoms with E-state index >= 15 is 0 Å². The molecule has 1 fully saturated rings. The number of ether oxygens (including phenoxy) is 2. The summed E-state index contributed by atoms with van der Waals surface area (Å²) >= 11 is 0. The summed E-state index contributed by atoms with van der Waals surface area (Å²) in [5.41, 5.74) is 3.33. The number of para-hydroxylation sites is 1. The van der Waals surface area contributed by atoms with Gasteiger partial charge in [0.1, 0.15) is 11.9 Å². The van der Waals surface area contributed by atoms with Gasteiger partial charge in [-0.25, -0.2) is 4.79 Å². The topological polar surface area (TPSA) is 55.8 Å². The molecule has 1 aromatic carbocycles. The molecule has 1 aromatic rings. The summed E-state index contributed by atoms with van der Waals surface area (Å²) in [6, 6.07) is 6.22. The van der Waals surface area contributed by atoms with Crippen LogP contribution in [0.25, 0.3) is 0 Å². The molecule has 1 spiro atoms. The lowest BCUT2D eigenvalue weighted by Gasteiger charge is -2.38. The number of aliphatic hydroxyl groups is 1. The molecule has 1 atom stereocenters. The number of carbonyl (C=O) groups is 1. The highest BCUT2D eigenvalue weighted by atomic mass is 16.5. The number of aryl methyl sites for hydroxylation is 1. The second kappa shape index (κ2) is 6.36. The van der Waals surface area contributed by atoms with E-state index < -0.39 is 0 Å². The van der Waals surface area contributed by atoms with Gasteiger partial charge in [0.25, 0.3) is 0 Å². The number of carbonyl (C=O) groups excluding carboxylic acids is 1. The number of esters is 1. The molecule has 1 N–H and O–H groups in total. The molecule has 4 nitrogen and oxygen atoms in total. The van der Waals surface area contributed by atoms with Crippen molar-refractivity contribution in [1.82, 2.24) is 0 Å². The number of aliphatic hydroxyl groups excluding tert-OH is 1. The van der Waals surface area contributed by atoms with Crippen LogP contribution in [-0.2, 0) is 14.9 Å². The van der Waals surface area contributed by atoms with E-state index in [0.29, 0.717) is 6.61 Å². The van der Waals surface area contributed by atoms with Gasteiger partial charge in [-0.1, -0.05) is 23.8 Å². The Balaban J connectivity index is 1.84. The molecule has 0 unspecified atom stereocenters. The zero-order valence-corrected chi connectivity index (χ0v) is 13.8. The van der Waals surface area contributed by atoms with Crippen molar-refractivity contribution in [3.05, 3.63) is 41.0 Å². The van der Waals surface area contributed by atoms with E-state index in [1.54, 1.807) is 6.08 Å². The highest BCUT2D eigenvalue weighted by molar-refractivity contribution is 5.82. The van der Waals surface area contributed by atoms with Crippen molar-refractivity contribution in [2.45, 2.75) is 51.0 Å². The van der Waals surface area contributed by atoms with Gasteiger partial charge < -0.3 is 14.6 Å². The lowest BCUT2D eigenvalue weighted by molar-refractivity contribution is -0.137. The van der Waals surface area contributed by atoms with Crippen molar-refractivity contribution in [3.8, 4) is 5.75 Å². The Bertz CT molecular complexity index is 622. The van der Waals surface area contributed by atoms with E-state index in [4.69, 9.17) is 9.47 Å². The van der Waals surface area contributed by atoms with Gasteiger partial charge in [0.05, 0.1) is 13.2 Å². The molecule has 0 radical (unpaired) electrons. The summed E-state index contributed by atoms with van der Waals surface area (Å²) in [6.07, 6.45) is 4.90. The maximum Gasteiger partial charge on any atom is 0.330 e. The lowest BCUT2D eigenvalue weighted by atomic mass is 9.66. The molecular formula is C19H24O4. The van der Waals surface area contributed by atoms with Crippen LogP contribution < -0.4 is 4.74 Å². The summed E-state index contributed by atoms with van der Waals surface area (Å²) in [4.78, 5) is 11.6. The van der Waals surface area contributed by atoms with Gasteiger partial charge in [0.15, 0.2) is 0 Å². The van der Waals surface area contributed by atoms with E-state index in [2.05, 4.69) is 12.1 Å². The van der Waals surface area contributed by atoms with Gasteiger partial charge >= 0.3 is 5.97 Å². The van der Waals surface area contributed by atoms with Crippen molar-refractivity contribution < 1.29 is 19.4 Å².